The van der Waals surface area contributed by atoms with Crippen molar-refractivity contribution in [3.05, 3.63) is 78.3 Å². The number of ether oxygens (including phenoxy) is 1. The lowest BCUT2D eigenvalue weighted by Crippen LogP contribution is -2.21. The monoisotopic (exact) mass is 471 g/mol. The summed E-state index contributed by atoms with van der Waals surface area (Å²) >= 11 is 24.2. The molecule has 0 aliphatic carbocycles. The van der Waals surface area contributed by atoms with Crippen LogP contribution in [0.1, 0.15) is 17.3 Å². The summed E-state index contributed by atoms with van der Waals surface area (Å²) in [7, 11) is 0. The molecule has 0 spiro atoms. The Balaban J connectivity index is 2.28. The smallest absolute Gasteiger partial charge is 0.341 e. The molecule has 1 aromatic heterocycles. The van der Waals surface area contributed by atoms with E-state index in [2.05, 4.69) is 0 Å². The van der Waals surface area contributed by atoms with Gasteiger partial charge in [-0.3, -0.25) is 4.79 Å². The van der Waals surface area contributed by atoms with E-state index in [1.165, 1.54) is 18.2 Å². The summed E-state index contributed by atoms with van der Waals surface area (Å²) in [6.07, 6.45) is 0. The van der Waals surface area contributed by atoms with E-state index in [1.54, 1.807) is 29.7 Å². The van der Waals surface area contributed by atoms with Gasteiger partial charge in [0.15, 0.2) is 0 Å². The lowest BCUT2D eigenvalue weighted by atomic mass is 10.0. The fourth-order valence-corrected chi connectivity index (χ4v) is 3.59. The standard InChI is InChI=1S/C20H13Cl4NO4/c1-2-25-17(29-16-6-4-11(21)8-14(16)24)9-15(26)18(20(27)28)19(25)10-3-5-12(22)13(23)7-10/h3-9H,2H2,1H3,(H,27,28). The third-order valence-corrected chi connectivity index (χ3v) is 5.37. The number of aromatic carboxylic acids is 1. The molecule has 5 nitrogen and oxygen atoms in total. The summed E-state index contributed by atoms with van der Waals surface area (Å²) in [5.41, 5.74) is -0.572. The summed E-state index contributed by atoms with van der Waals surface area (Å²) in [4.78, 5) is 24.5. The van der Waals surface area contributed by atoms with Crippen LogP contribution in [0.25, 0.3) is 11.3 Å². The number of halogens is 4. The van der Waals surface area contributed by atoms with E-state index in [-0.39, 0.29) is 27.4 Å². The maximum absolute atomic E-state index is 12.6. The minimum atomic E-state index is -1.37. The SMILES string of the molecule is CCn1c(Oc2ccc(Cl)cc2Cl)cc(=O)c(C(=O)O)c1-c1ccc(Cl)c(Cl)c1. The topological polar surface area (TPSA) is 68.5 Å². The first-order valence-electron chi connectivity index (χ1n) is 8.32. The van der Waals surface area contributed by atoms with Gasteiger partial charge in [-0.2, -0.15) is 0 Å². The van der Waals surface area contributed by atoms with E-state index in [0.717, 1.165) is 6.07 Å². The molecule has 0 amide bonds. The van der Waals surface area contributed by atoms with Crippen molar-refractivity contribution < 1.29 is 14.6 Å². The lowest BCUT2D eigenvalue weighted by molar-refractivity contribution is 0.0695. The molecular weight excluding hydrogens is 460 g/mol. The highest BCUT2D eigenvalue weighted by Gasteiger charge is 2.23. The molecule has 150 valence electrons. The van der Waals surface area contributed by atoms with Gasteiger partial charge in [0.2, 0.25) is 11.3 Å². The van der Waals surface area contributed by atoms with Crippen molar-refractivity contribution in [2.24, 2.45) is 0 Å². The number of rotatable bonds is 5. The Hall–Kier alpha value is -2.18. The third kappa shape index (κ3) is 4.38. The largest absolute Gasteiger partial charge is 0.477 e. The number of carboxylic acids is 1. The van der Waals surface area contributed by atoms with Crippen molar-refractivity contribution in [2.75, 3.05) is 0 Å². The lowest BCUT2D eigenvalue weighted by Gasteiger charge is -2.20. The van der Waals surface area contributed by atoms with Crippen LogP contribution in [-0.2, 0) is 6.54 Å². The molecule has 0 aliphatic heterocycles. The Labute approximate surface area is 186 Å². The maximum Gasteiger partial charge on any atom is 0.341 e. The highest BCUT2D eigenvalue weighted by atomic mass is 35.5. The number of pyridine rings is 1. The van der Waals surface area contributed by atoms with E-state index < -0.39 is 17.0 Å². The number of hydrogen-bond donors (Lipinski definition) is 1. The summed E-state index contributed by atoms with van der Waals surface area (Å²) in [5.74, 6) is -0.983. The van der Waals surface area contributed by atoms with Crippen LogP contribution in [0.3, 0.4) is 0 Å². The summed E-state index contributed by atoms with van der Waals surface area (Å²) in [5, 5.41) is 10.9. The van der Waals surface area contributed by atoms with Gasteiger partial charge in [-0.15, -0.1) is 0 Å². The molecule has 1 N–H and O–H groups in total. The average molecular weight is 473 g/mol. The van der Waals surface area contributed by atoms with Gasteiger partial charge in [-0.1, -0.05) is 52.5 Å². The zero-order valence-corrected chi connectivity index (χ0v) is 17.9. The maximum atomic E-state index is 12.6. The molecule has 3 rings (SSSR count). The summed E-state index contributed by atoms with van der Waals surface area (Å²) in [6.45, 7) is 2.09. The number of carbonyl (C=O) groups is 1. The molecule has 1 heterocycles. The van der Waals surface area contributed by atoms with E-state index in [9.17, 15) is 14.7 Å². The predicted molar refractivity (Wildman–Crippen MR) is 115 cm³/mol. The molecule has 0 atom stereocenters. The molecule has 0 bridgehead atoms. The van der Waals surface area contributed by atoms with E-state index in [4.69, 9.17) is 51.1 Å². The van der Waals surface area contributed by atoms with Crippen molar-refractivity contribution in [1.82, 2.24) is 4.57 Å². The van der Waals surface area contributed by atoms with Crippen LogP contribution in [0.5, 0.6) is 11.6 Å². The quantitative estimate of drug-likeness (QED) is 0.451. The molecule has 0 saturated carbocycles. The number of aromatic nitrogens is 1. The van der Waals surface area contributed by atoms with E-state index in [0.29, 0.717) is 22.2 Å². The van der Waals surface area contributed by atoms with Gasteiger partial charge in [-0.25, -0.2) is 4.79 Å². The third-order valence-electron chi connectivity index (χ3n) is 4.11. The van der Waals surface area contributed by atoms with Crippen molar-refractivity contribution in [3.8, 4) is 22.9 Å². The van der Waals surface area contributed by atoms with Crippen LogP contribution in [0.15, 0.2) is 47.3 Å². The number of carboxylic acid groups (broad SMARTS) is 1. The fraction of sp³-hybridized carbons (Fsp3) is 0.100. The number of nitrogens with zero attached hydrogens (tertiary/aromatic N) is 1. The van der Waals surface area contributed by atoms with Crippen LogP contribution >= 0.6 is 46.4 Å². The Kier molecular flexibility index (Phi) is 6.44. The minimum absolute atomic E-state index is 0.118. The van der Waals surface area contributed by atoms with Gasteiger partial charge in [-0.05, 0) is 37.3 Å². The Morgan fingerprint density at radius 1 is 1.00 bits per heavy atom. The van der Waals surface area contributed by atoms with Crippen molar-refractivity contribution in [1.29, 1.82) is 0 Å². The molecule has 0 unspecified atom stereocenters. The molecule has 3 aromatic rings. The second kappa shape index (κ2) is 8.67. The van der Waals surface area contributed by atoms with Gasteiger partial charge in [0.1, 0.15) is 11.3 Å². The van der Waals surface area contributed by atoms with Crippen LogP contribution in [0.4, 0.5) is 0 Å². The highest BCUT2D eigenvalue weighted by molar-refractivity contribution is 6.42. The van der Waals surface area contributed by atoms with Gasteiger partial charge in [0.05, 0.1) is 20.8 Å². The molecule has 2 aromatic carbocycles. The van der Waals surface area contributed by atoms with Gasteiger partial charge < -0.3 is 14.4 Å². The Morgan fingerprint density at radius 2 is 1.72 bits per heavy atom. The first-order chi connectivity index (χ1) is 13.7. The van der Waals surface area contributed by atoms with Crippen molar-refractivity contribution in [3.63, 3.8) is 0 Å². The van der Waals surface area contributed by atoms with Gasteiger partial charge in [0.25, 0.3) is 0 Å². The average Bonchev–Trinajstić information content (AvgIpc) is 2.65. The normalized spacial score (nSPS) is 10.8. The fourth-order valence-electron chi connectivity index (χ4n) is 2.84. The summed E-state index contributed by atoms with van der Waals surface area (Å²) in [6, 6.07) is 10.4. The summed E-state index contributed by atoms with van der Waals surface area (Å²) < 4.78 is 7.39. The molecule has 9 heteroatoms. The van der Waals surface area contributed by atoms with Gasteiger partial charge >= 0.3 is 5.97 Å². The number of hydrogen-bond acceptors (Lipinski definition) is 3. The Morgan fingerprint density at radius 3 is 2.31 bits per heavy atom. The Bertz CT molecular complexity index is 1170. The van der Waals surface area contributed by atoms with E-state index in [1.807, 2.05) is 0 Å². The predicted octanol–water partition coefficient (Wildman–Crippen LogP) is 6.64. The molecule has 0 radical (unpaired) electrons. The van der Waals surface area contributed by atoms with Crippen LogP contribution in [0, 0.1) is 0 Å². The first kappa shape index (κ1) is 21.5. The number of benzene rings is 2. The molecule has 0 aliphatic rings. The van der Waals surface area contributed by atoms with Crippen LogP contribution in [0.2, 0.25) is 20.1 Å². The molecular formula is C20H13Cl4NO4. The van der Waals surface area contributed by atoms with E-state index >= 15 is 0 Å². The van der Waals surface area contributed by atoms with Gasteiger partial charge in [0, 0.05) is 23.2 Å². The molecule has 0 saturated heterocycles. The first-order valence-corrected chi connectivity index (χ1v) is 9.83. The zero-order chi connectivity index (χ0) is 21.3. The minimum Gasteiger partial charge on any atom is -0.477 e. The zero-order valence-electron chi connectivity index (χ0n) is 14.9. The van der Waals surface area contributed by atoms with Crippen molar-refractivity contribution in [2.45, 2.75) is 13.5 Å². The second-order valence-corrected chi connectivity index (χ2v) is 7.58. The second-order valence-electron chi connectivity index (χ2n) is 5.93. The highest BCUT2D eigenvalue weighted by Crippen LogP contribution is 2.35. The molecule has 29 heavy (non-hydrogen) atoms. The van der Waals surface area contributed by atoms with Crippen LogP contribution in [-0.4, -0.2) is 15.6 Å². The van der Waals surface area contributed by atoms with Crippen molar-refractivity contribution >= 4 is 52.4 Å². The van der Waals surface area contributed by atoms with Crippen LogP contribution < -0.4 is 10.2 Å². The molecule has 0 fully saturated rings.